The molecule has 9 heteroatoms. The van der Waals surface area contributed by atoms with Crippen molar-refractivity contribution in [3.63, 3.8) is 0 Å². The highest BCUT2D eigenvalue weighted by Crippen LogP contribution is 2.21. The molecule has 0 radical (unpaired) electrons. The number of benzene rings is 1. The lowest BCUT2D eigenvalue weighted by atomic mass is 10.1. The standard InChI is InChI=1S/C15H15F2N3O3S/c1-8(2)24(22,23)20-15-12(18)5-6-13(19-15)14(21)10-7-9(16)3-4-11(10)17/h3-8H,18H2,1-2H3,(H,19,20). The lowest BCUT2D eigenvalue weighted by Gasteiger charge is -2.12. The fourth-order valence-corrected chi connectivity index (χ4v) is 2.41. The van der Waals surface area contributed by atoms with Gasteiger partial charge in [-0.15, -0.1) is 0 Å². The number of carbonyl (C=O) groups excluding carboxylic acids is 1. The number of halogens is 2. The predicted molar refractivity (Wildman–Crippen MR) is 86.1 cm³/mol. The highest BCUT2D eigenvalue weighted by Gasteiger charge is 2.21. The second kappa shape index (κ2) is 6.52. The number of nitrogen functional groups attached to an aromatic ring is 1. The molecule has 1 aromatic heterocycles. The van der Waals surface area contributed by atoms with Gasteiger partial charge in [0.2, 0.25) is 15.8 Å². The molecule has 0 atom stereocenters. The molecule has 0 aliphatic carbocycles. The van der Waals surface area contributed by atoms with Crippen molar-refractivity contribution in [2.45, 2.75) is 19.1 Å². The predicted octanol–water partition coefficient (Wildman–Crippen LogP) is 2.32. The van der Waals surface area contributed by atoms with Crippen LogP contribution in [-0.2, 0) is 10.0 Å². The number of ketones is 1. The Kier molecular flexibility index (Phi) is 4.83. The van der Waals surface area contributed by atoms with Gasteiger partial charge >= 0.3 is 0 Å². The number of rotatable bonds is 5. The van der Waals surface area contributed by atoms with Crippen molar-refractivity contribution >= 4 is 27.3 Å². The van der Waals surface area contributed by atoms with E-state index in [4.69, 9.17) is 5.73 Å². The first-order chi connectivity index (χ1) is 11.1. The molecule has 128 valence electrons. The fraction of sp³-hybridized carbons (Fsp3) is 0.200. The number of pyridine rings is 1. The van der Waals surface area contributed by atoms with Crippen LogP contribution < -0.4 is 10.5 Å². The Bertz CT molecular complexity index is 899. The first-order valence-electron chi connectivity index (χ1n) is 6.89. The summed E-state index contributed by atoms with van der Waals surface area (Å²) in [6.45, 7) is 2.91. The van der Waals surface area contributed by atoms with Gasteiger partial charge in [-0.1, -0.05) is 0 Å². The molecule has 3 N–H and O–H groups in total. The zero-order valence-corrected chi connectivity index (χ0v) is 13.7. The van der Waals surface area contributed by atoms with E-state index in [1.807, 2.05) is 0 Å². The minimum absolute atomic E-state index is 0.00418. The Morgan fingerprint density at radius 2 is 1.88 bits per heavy atom. The van der Waals surface area contributed by atoms with E-state index in [9.17, 15) is 22.0 Å². The number of hydrogen-bond acceptors (Lipinski definition) is 5. The van der Waals surface area contributed by atoms with Gasteiger partial charge in [0.05, 0.1) is 16.5 Å². The summed E-state index contributed by atoms with van der Waals surface area (Å²) in [6, 6.07) is 4.91. The lowest BCUT2D eigenvalue weighted by Crippen LogP contribution is -2.24. The molecule has 0 unspecified atom stereocenters. The van der Waals surface area contributed by atoms with Crippen LogP contribution in [0.25, 0.3) is 0 Å². The number of nitrogens with zero attached hydrogens (tertiary/aromatic N) is 1. The van der Waals surface area contributed by atoms with Crippen LogP contribution in [0, 0.1) is 11.6 Å². The average Bonchev–Trinajstić information content (AvgIpc) is 2.51. The highest BCUT2D eigenvalue weighted by molar-refractivity contribution is 7.93. The topological polar surface area (TPSA) is 102 Å². The third-order valence-corrected chi connectivity index (χ3v) is 4.91. The molecule has 1 aromatic carbocycles. The summed E-state index contributed by atoms with van der Waals surface area (Å²) < 4.78 is 52.9. The van der Waals surface area contributed by atoms with E-state index >= 15 is 0 Å². The van der Waals surface area contributed by atoms with Gasteiger partial charge in [0.25, 0.3) is 0 Å². The van der Waals surface area contributed by atoms with Gasteiger partial charge < -0.3 is 5.73 Å². The molecular weight excluding hydrogens is 340 g/mol. The number of sulfonamides is 1. The van der Waals surface area contributed by atoms with E-state index in [0.29, 0.717) is 0 Å². The molecule has 0 saturated carbocycles. The van der Waals surface area contributed by atoms with Crippen molar-refractivity contribution in [3.8, 4) is 0 Å². The quantitative estimate of drug-likeness (QED) is 0.802. The molecule has 24 heavy (non-hydrogen) atoms. The van der Waals surface area contributed by atoms with Gasteiger partial charge in [-0.25, -0.2) is 22.2 Å². The van der Waals surface area contributed by atoms with Crippen LogP contribution in [0.2, 0.25) is 0 Å². The molecule has 2 rings (SSSR count). The van der Waals surface area contributed by atoms with E-state index in [0.717, 1.165) is 18.2 Å². The van der Waals surface area contributed by atoms with Crippen molar-refractivity contribution in [1.82, 2.24) is 4.98 Å². The van der Waals surface area contributed by atoms with E-state index in [2.05, 4.69) is 9.71 Å². The highest BCUT2D eigenvalue weighted by atomic mass is 32.2. The Hall–Kier alpha value is -2.55. The molecule has 0 saturated heterocycles. The zero-order valence-electron chi connectivity index (χ0n) is 12.9. The maximum atomic E-state index is 13.7. The molecule has 0 aliphatic rings. The molecule has 2 aromatic rings. The molecular formula is C15H15F2N3O3S. The summed E-state index contributed by atoms with van der Waals surface area (Å²) in [6.07, 6.45) is 0. The molecule has 0 fully saturated rings. The molecule has 1 heterocycles. The number of nitrogens with one attached hydrogen (secondary N) is 1. The van der Waals surface area contributed by atoms with Gasteiger partial charge in [-0.3, -0.25) is 9.52 Å². The Morgan fingerprint density at radius 3 is 2.50 bits per heavy atom. The SMILES string of the molecule is CC(C)S(=O)(=O)Nc1nc(C(=O)c2cc(F)ccc2F)ccc1N. The number of carbonyl (C=O) groups is 1. The lowest BCUT2D eigenvalue weighted by molar-refractivity contribution is 0.103. The molecule has 0 aliphatic heterocycles. The smallest absolute Gasteiger partial charge is 0.236 e. The van der Waals surface area contributed by atoms with Gasteiger partial charge in [0.15, 0.2) is 5.82 Å². The average molecular weight is 355 g/mol. The minimum Gasteiger partial charge on any atom is -0.396 e. The number of aromatic nitrogens is 1. The monoisotopic (exact) mass is 355 g/mol. The van der Waals surface area contributed by atoms with Gasteiger partial charge in [0.1, 0.15) is 17.3 Å². The summed E-state index contributed by atoms with van der Waals surface area (Å²) in [4.78, 5) is 16.1. The van der Waals surface area contributed by atoms with Crippen molar-refractivity contribution in [3.05, 3.63) is 53.2 Å². The van der Waals surface area contributed by atoms with Crippen LogP contribution in [0.15, 0.2) is 30.3 Å². The van der Waals surface area contributed by atoms with Crippen LogP contribution in [0.3, 0.4) is 0 Å². The molecule has 0 bridgehead atoms. The maximum absolute atomic E-state index is 13.7. The van der Waals surface area contributed by atoms with Gasteiger partial charge in [0, 0.05) is 0 Å². The van der Waals surface area contributed by atoms with Crippen LogP contribution >= 0.6 is 0 Å². The number of hydrogen-bond donors (Lipinski definition) is 2. The van der Waals surface area contributed by atoms with Crippen LogP contribution in [0.4, 0.5) is 20.3 Å². The minimum atomic E-state index is -3.73. The Balaban J connectivity index is 2.44. The second-order valence-electron chi connectivity index (χ2n) is 5.28. The summed E-state index contributed by atoms with van der Waals surface area (Å²) in [5, 5.41) is -0.751. The summed E-state index contributed by atoms with van der Waals surface area (Å²) in [7, 11) is -3.73. The van der Waals surface area contributed by atoms with Gasteiger partial charge in [-0.05, 0) is 44.2 Å². The van der Waals surface area contributed by atoms with E-state index in [1.54, 1.807) is 0 Å². The molecule has 6 nitrogen and oxygen atoms in total. The van der Waals surface area contributed by atoms with Crippen LogP contribution in [0.1, 0.15) is 29.9 Å². The fourth-order valence-electron chi connectivity index (χ4n) is 1.74. The first-order valence-corrected chi connectivity index (χ1v) is 8.44. The normalized spacial score (nSPS) is 11.5. The Labute approximate surface area is 137 Å². The second-order valence-corrected chi connectivity index (χ2v) is 7.52. The summed E-state index contributed by atoms with van der Waals surface area (Å²) in [5.74, 6) is -2.83. The third kappa shape index (κ3) is 3.67. The van der Waals surface area contributed by atoms with E-state index in [1.165, 1.54) is 26.0 Å². The van der Waals surface area contributed by atoms with Gasteiger partial charge in [-0.2, -0.15) is 0 Å². The van der Waals surface area contributed by atoms with E-state index < -0.39 is 38.3 Å². The van der Waals surface area contributed by atoms with Crippen molar-refractivity contribution < 1.29 is 22.0 Å². The van der Waals surface area contributed by atoms with Crippen molar-refractivity contribution in [2.24, 2.45) is 0 Å². The molecule has 0 spiro atoms. The first kappa shape index (κ1) is 17.8. The summed E-state index contributed by atoms with van der Waals surface area (Å²) in [5.41, 5.74) is 4.87. The Morgan fingerprint density at radius 1 is 1.21 bits per heavy atom. The number of anilines is 2. The largest absolute Gasteiger partial charge is 0.396 e. The third-order valence-electron chi connectivity index (χ3n) is 3.19. The summed E-state index contributed by atoms with van der Waals surface area (Å²) >= 11 is 0. The maximum Gasteiger partial charge on any atom is 0.236 e. The van der Waals surface area contributed by atoms with Crippen LogP contribution in [-0.4, -0.2) is 24.4 Å². The van der Waals surface area contributed by atoms with Crippen molar-refractivity contribution in [2.75, 3.05) is 10.5 Å². The van der Waals surface area contributed by atoms with E-state index in [-0.39, 0.29) is 17.2 Å². The zero-order chi connectivity index (χ0) is 18.1. The van der Waals surface area contributed by atoms with Crippen molar-refractivity contribution in [1.29, 1.82) is 0 Å². The molecule has 0 amide bonds. The number of nitrogens with two attached hydrogens (primary N) is 1. The van der Waals surface area contributed by atoms with Crippen LogP contribution in [0.5, 0.6) is 0 Å².